The molecule has 90 valence electrons. The van der Waals surface area contributed by atoms with Crippen LogP contribution in [-0.2, 0) is 5.54 Å². The molecule has 0 atom stereocenters. The van der Waals surface area contributed by atoms with Gasteiger partial charge in [0.25, 0.3) is 5.56 Å². The van der Waals surface area contributed by atoms with Crippen LogP contribution < -0.4 is 11.2 Å². The fourth-order valence-electron chi connectivity index (χ4n) is 1.81. The van der Waals surface area contributed by atoms with Gasteiger partial charge in [0.15, 0.2) is 0 Å². The van der Waals surface area contributed by atoms with E-state index in [0.717, 1.165) is 4.57 Å². The Bertz CT molecular complexity index is 692. The maximum absolute atomic E-state index is 13.5. The van der Waals surface area contributed by atoms with E-state index in [4.69, 9.17) is 0 Å². The molecule has 17 heavy (non-hydrogen) atoms. The summed E-state index contributed by atoms with van der Waals surface area (Å²) in [5.74, 6) is -0.599. The molecule has 1 N–H and O–H groups in total. The highest BCUT2D eigenvalue weighted by molar-refractivity contribution is 5.77. The van der Waals surface area contributed by atoms with Crippen LogP contribution in [-0.4, -0.2) is 9.55 Å². The van der Waals surface area contributed by atoms with E-state index >= 15 is 0 Å². The number of aromatic nitrogens is 2. The molecule has 4 nitrogen and oxygen atoms in total. The van der Waals surface area contributed by atoms with Gasteiger partial charge in [-0.1, -0.05) is 6.07 Å². The second-order valence-electron chi connectivity index (χ2n) is 4.90. The van der Waals surface area contributed by atoms with Crippen molar-refractivity contribution in [2.45, 2.75) is 26.3 Å². The van der Waals surface area contributed by atoms with Gasteiger partial charge in [0.05, 0.1) is 10.9 Å². The summed E-state index contributed by atoms with van der Waals surface area (Å²) in [6.07, 6.45) is 0. The van der Waals surface area contributed by atoms with E-state index in [-0.39, 0.29) is 10.9 Å². The van der Waals surface area contributed by atoms with Crippen LogP contribution in [0.4, 0.5) is 4.39 Å². The lowest BCUT2D eigenvalue weighted by atomic mass is 10.1. The minimum absolute atomic E-state index is 0.0389. The molecule has 1 aromatic heterocycles. The first-order valence-electron chi connectivity index (χ1n) is 5.26. The van der Waals surface area contributed by atoms with Crippen LogP contribution in [0.1, 0.15) is 20.8 Å². The van der Waals surface area contributed by atoms with Gasteiger partial charge in [-0.2, -0.15) is 0 Å². The van der Waals surface area contributed by atoms with Crippen LogP contribution in [0.25, 0.3) is 10.9 Å². The van der Waals surface area contributed by atoms with E-state index in [1.54, 1.807) is 20.8 Å². The van der Waals surface area contributed by atoms with Crippen LogP contribution in [0.3, 0.4) is 0 Å². The minimum Gasteiger partial charge on any atom is -0.304 e. The smallest absolute Gasteiger partial charge is 0.304 e. The maximum atomic E-state index is 13.5. The van der Waals surface area contributed by atoms with E-state index in [9.17, 15) is 14.0 Å². The molecule has 0 saturated carbocycles. The summed E-state index contributed by atoms with van der Waals surface area (Å²) in [6.45, 7) is 5.23. The number of hydrogen-bond acceptors (Lipinski definition) is 2. The molecule has 0 fully saturated rings. The van der Waals surface area contributed by atoms with Crippen molar-refractivity contribution in [3.05, 3.63) is 44.9 Å². The molecule has 0 saturated heterocycles. The number of halogens is 1. The number of nitrogens with one attached hydrogen (secondary N) is 1. The predicted octanol–water partition coefficient (Wildman–Crippen LogP) is 1.58. The highest BCUT2D eigenvalue weighted by Crippen LogP contribution is 2.12. The van der Waals surface area contributed by atoms with Gasteiger partial charge in [-0.15, -0.1) is 0 Å². The van der Waals surface area contributed by atoms with Crippen molar-refractivity contribution in [1.29, 1.82) is 0 Å². The summed E-state index contributed by atoms with van der Waals surface area (Å²) in [4.78, 5) is 26.3. The summed E-state index contributed by atoms with van der Waals surface area (Å²) in [5.41, 5.74) is -1.76. The number of rotatable bonds is 0. The molecule has 1 heterocycles. The average Bonchev–Trinajstić information content (AvgIpc) is 2.17. The molecule has 0 radical (unpaired) electrons. The Morgan fingerprint density at radius 2 is 1.88 bits per heavy atom. The molecule has 5 heteroatoms. The van der Waals surface area contributed by atoms with Crippen molar-refractivity contribution >= 4 is 10.9 Å². The third kappa shape index (κ3) is 1.77. The third-order valence-corrected chi connectivity index (χ3v) is 2.55. The predicted molar refractivity (Wildman–Crippen MR) is 63.8 cm³/mol. The van der Waals surface area contributed by atoms with Crippen molar-refractivity contribution in [1.82, 2.24) is 9.55 Å². The normalized spacial score (nSPS) is 12.0. The molecular weight excluding hydrogens is 223 g/mol. The van der Waals surface area contributed by atoms with Gasteiger partial charge in [-0.25, -0.2) is 9.18 Å². The van der Waals surface area contributed by atoms with E-state index < -0.39 is 22.6 Å². The maximum Gasteiger partial charge on any atom is 0.329 e. The Morgan fingerprint density at radius 1 is 1.24 bits per heavy atom. The first-order chi connectivity index (χ1) is 7.82. The number of fused-ring (bicyclic) bond motifs is 1. The molecule has 0 aliphatic carbocycles. The molecular formula is C12H13FN2O2. The Labute approximate surface area is 96.7 Å². The largest absolute Gasteiger partial charge is 0.329 e. The SMILES string of the molecule is CC(C)(C)n1c(=O)[nH]c2c(F)cccc2c1=O. The van der Waals surface area contributed by atoms with Crippen LogP contribution in [0.2, 0.25) is 0 Å². The topological polar surface area (TPSA) is 54.9 Å². The lowest BCUT2D eigenvalue weighted by molar-refractivity contribution is 0.369. The van der Waals surface area contributed by atoms with Gasteiger partial charge < -0.3 is 4.98 Å². The zero-order valence-electron chi connectivity index (χ0n) is 9.87. The number of benzene rings is 1. The third-order valence-electron chi connectivity index (χ3n) is 2.55. The van der Waals surface area contributed by atoms with Crippen LogP contribution >= 0.6 is 0 Å². The first kappa shape index (κ1) is 11.6. The second kappa shape index (κ2) is 3.55. The van der Waals surface area contributed by atoms with Crippen molar-refractivity contribution in [3.8, 4) is 0 Å². The van der Waals surface area contributed by atoms with Gasteiger partial charge in [-0.05, 0) is 32.9 Å². The van der Waals surface area contributed by atoms with Crippen molar-refractivity contribution in [2.75, 3.05) is 0 Å². The Hall–Kier alpha value is -1.91. The number of para-hydroxylation sites is 1. The standard InChI is InChI=1S/C12H13FN2O2/c1-12(2,3)15-10(16)7-5-4-6-8(13)9(7)14-11(15)17/h4-6H,1-3H3,(H,14,17). The van der Waals surface area contributed by atoms with E-state index in [2.05, 4.69) is 4.98 Å². The summed E-state index contributed by atoms with van der Waals surface area (Å²) in [6, 6.07) is 4.16. The highest BCUT2D eigenvalue weighted by Gasteiger charge is 2.20. The Kier molecular flexibility index (Phi) is 2.41. The van der Waals surface area contributed by atoms with Crippen LogP contribution in [0, 0.1) is 5.82 Å². The molecule has 0 aliphatic rings. The zero-order chi connectivity index (χ0) is 12.8. The van der Waals surface area contributed by atoms with E-state index in [1.165, 1.54) is 18.2 Å². The highest BCUT2D eigenvalue weighted by atomic mass is 19.1. The van der Waals surface area contributed by atoms with Gasteiger partial charge in [0.1, 0.15) is 5.82 Å². The number of nitrogens with zero attached hydrogens (tertiary/aromatic N) is 1. The average molecular weight is 236 g/mol. The lowest BCUT2D eigenvalue weighted by Crippen LogP contribution is -2.44. The number of hydrogen-bond donors (Lipinski definition) is 1. The summed E-state index contributed by atoms with van der Waals surface area (Å²) in [7, 11) is 0. The molecule has 2 aromatic rings. The second-order valence-corrected chi connectivity index (χ2v) is 4.90. The van der Waals surface area contributed by atoms with Gasteiger partial charge in [-0.3, -0.25) is 9.36 Å². The molecule has 1 aromatic carbocycles. The molecule has 0 bridgehead atoms. The van der Waals surface area contributed by atoms with Gasteiger partial charge in [0, 0.05) is 5.54 Å². The summed E-state index contributed by atoms with van der Waals surface area (Å²) in [5, 5.41) is 0.180. The first-order valence-corrected chi connectivity index (χ1v) is 5.26. The van der Waals surface area contributed by atoms with Gasteiger partial charge >= 0.3 is 5.69 Å². The Balaban J connectivity index is 3.02. The Morgan fingerprint density at radius 3 is 2.47 bits per heavy atom. The molecule has 2 rings (SSSR count). The fraction of sp³-hybridized carbons (Fsp3) is 0.333. The molecule has 0 spiro atoms. The van der Waals surface area contributed by atoms with Crippen molar-refractivity contribution in [3.63, 3.8) is 0 Å². The van der Waals surface area contributed by atoms with Crippen molar-refractivity contribution < 1.29 is 4.39 Å². The lowest BCUT2D eigenvalue weighted by Gasteiger charge is -2.21. The molecule has 0 amide bonds. The monoisotopic (exact) mass is 236 g/mol. The van der Waals surface area contributed by atoms with E-state index in [1.807, 2.05) is 0 Å². The summed E-state index contributed by atoms with van der Waals surface area (Å²) < 4.78 is 14.5. The zero-order valence-corrected chi connectivity index (χ0v) is 9.87. The van der Waals surface area contributed by atoms with Crippen LogP contribution in [0.5, 0.6) is 0 Å². The summed E-state index contributed by atoms with van der Waals surface area (Å²) >= 11 is 0. The van der Waals surface area contributed by atoms with Gasteiger partial charge in [0.2, 0.25) is 0 Å². The van der Waals surface area contributed by atoms with E-state index in [0.29, 0.717) is 0 Å². The molecule has 0 aliphatic heterocycles. The fourth-order valence-corrected chi connectivity index (χ4v) is 1.81. The number of H-pyrrole nitrogens is 1. The number of aromatic amines is 1. The van der Waals surface area contributed by atoms with Crippen LogP contribution in [0.15, 0.2) is 27.8 Å². The minimum atomic E-state index is -0.648. The van der Waals surface area contributed by atoms with Crippen molar-refractivity contribution in [2.24, 2.45) is 0 Å². The quantitative estimate of drug-likeness (QED) is 0.755. The molecule has 0 unspecified atom stereocenters.